The van der Waals surface area contributed by atoms with Crippen LogP contribution in [0.25, 0.3) is 0 Å². The molecule has 19 heteroatoms. The maximum atomic E-state index is 13.1. The Kier molecular flexibility index (Phi) is 70.3. The maximum Gasteiger partial charge on any atom is 0.472 e. The molecule has 99 heavy (non-hydrogen) atoms. The van der Waals surface area contributed by atoms with E-state index in [1.165, 1.54) is 238 Å². The minimum atomic E-state index is -4.96. The number of aliphatic hydroxyl groups excluding tert-OH is 1. The molecule has 0 aromatic rings. The van der Waals surface area contributed by atoms with Crippen molar-refractivity contribution in [3.05, 3.63) is 0 Å². The first-order valence-corrected chi connectivity index (χ1v) is 44.5. The second kappa shape index (κ2) is 71.7. The van der Waals surface area contributed by atoms with Crippen LogP contribution >= 0.6 is 15.6 Å². The molecule has 0 aromatic heterocycles. The fraction of sp³-hybridized carbons (Fsp3) is 0.950. The van der Waals surface area contributed by atoms with E-state index in [2.05, 4.69) is 41.5 Å². The van der Waals surface area contributed by atoms with Gasteiger partial charge >= 0.3 is 39.5 Å². The third kappa shape index (κ3) is 72.8. The van der Waals surface area contributed by atoms with Crippen LogP contribution < -0.4 is 0 Å². The van der Waals surface area contributed by atoms with Gasteiger partial charge in [-0.05, 0) is 37.5 Å². The van der Waals surface area contributed by atoms with E-state index in [-0.39, 0.29) is 25.7 Å². The van der Waals surface area contributed by atoms with Crippen molar-refractivity contribution in [3.63, 3.8) is 0 Å². The van der Waals surface area contributed by atoms with E-state index in [9.17, 15) is 43.2 Å². The first kappa shape index (κ1) is 97.1. The van der Waals surface area contributed by atoms with Crippen LogP contribution in [0, 0.1) is 11.8 Å². The summed E-state index contributed by atoms with van der Waals surface area (Å²) in [7, 11) is -9.91. The van der Waals surface area contributed by atoms with Crippen LogP contribution in [-0.2, 0) is 65.4 Å². The third-order valence-corrected chi connectivity index (χ3v) is 21.0. The van der Waals surface area contributed by atoms with Gasteiger partial charge in [0, 0.05) is 25.7 Å². The summed E-state index contributed by atoms with van der Waals surface area (Å²) in [5.41, 5.74) is 0. The predicted octanol–water partition coefficient (Wildman–Crippen LogP) is 23.9. The summed E-state index contributed by atoms with van der Waals surface area (Å²) in [4.78, 5) is 72.8. The van der Waals surface area contributed by atoms with E-state index in [0.29, 0.717) is 25.7 Å². The summed E-state index contributed by atoms with van der Waals surface area (Å²) < 4.78 is 68.5. The molecule has 0 amide bonds. The Morgan fingerprint density at radius 3 is 0.768 bits per heavy atom. The first-order chi connectivity index (χ1) is 47.9. The lowest BCUT2D eigenvalue weighted by Gasteiger charge is -2.21. The average molecular weight is 1450 g/mol. The zero-order chi connectivity index (χ0) is 72.8. The number of aliphatic hydroxyl groups is 1. The van der Waals surface area contributed by atoms with E-state index in [1.807, 2.05) is 0 Å². The highest BCUT2D eigenvalue weighted by Gasteiger charge is 2.30. The van der Waals surface area contributed by atoms with E-state index >= 15 is 0 Å². The maximum absolute atomic E-state index is 13.1. The molecular weight excluding hydrogens is 1290 g/mol. The quantitative estimate of drug-likeness (QED) is 0.0222. The van der Waals surface area contributed by atoms with Crippen LogP contribution in [-0.4, -0.2) is 96.7 Å². The van der Waals surface area contributed by atoms with Gasteiger partial charge in [0.15, 0.2) is 12.2 Å². The number of rotatable bonds is 79. The molecule has 0 aliphatic rings. The normalized spacial score (nSPS) is 14.2. The molecule has 0 rings (SSSR count). The highest BCUT2D eigenvalue weighted by Crippen LogP contribution is 2.45. The molecule has 588 valence electrons. The fourth-order valence-corrected chi connectivity index (χ4v) is 13.9. The number of phosphoric ester groups is 2. The summed E-state index contributed by atoms with van der Waals surface area (Å²) in [6.45, 7) is 9.68. The second-order valence-electron chi connectivity index (χ2n) is 29.5. The lowest BCUT2D eigenvalue weighted by molar-refractivity contribution is -0.161. The number of esters is 4. The molecule has 3 unspecified atom stereocenters. The van der Waals surface area contributed by atoms with Gasteiger partial charge in [0.05, 0.1) is 26.4 Å². The number of carbonyl (C=O) groups is 4. The Bertz CT molecular complexity index is 1910. The van der Waals surface area contributed by atoms with Crippen molar-refractivity contribution >= 4 is 39.5 Å². The van der Waals surface area contributed by atoms with Crippen LogP contribution in [0.2, 0.25) is 0 Å². The van der Waals surface area contributed by atoms with E-state index < -0.39 is 97.5 Å². The molecule has 0 aromatic carbocycles. The molecule has 0 heterocycles. The van der Waals surface area contributed by atoms with Crippen LogP contribution in [0.15, 0.2) is 0 Å². The smallest absolute Gasteiger partial charge is 0.462 e. The SMILES string of the molecule is CCCCCCCCCCCC(=O)OC[C@H](COP(=O)(O)OC[C@H](O)COP(=O)(O)OC[C@@H](COC(=O)CCCCCCCCCCCCCCCCCCC(C)C)OC(=O)CCCCCCCCCCCCCCCCCCCCC(C)CC)OC(=O)CCCCCCCCCCC. The van der Waals surface area contributed by atoms with Gasteiger partial charge in [-0.3, -0.25) is 37.3 Å². The second-order valence-corrected chi connectivity index (χ2v) is 32.4. The van der Waals surface area contributed by atoms with Gasteiger partial charge in [0.1, 0.15) is 19.3 Å². The Morgan fingerprint density at radius 1 is 0.293 bits per heavy atom. The lowest BCUT2D eigenvalue weighted by atomic mass is 9.99. The van der Waals surface area contributed by atoms with Crippen molar-refractivity contribution in [3.8, 4) is 0 Å². The van der Waals surface area contributed by atoms with Crippen molar-refractivity contribution in [1.82, 2.24) is 0 Å². The fourth-order valence-electron chi connectivity index (χ4n) is 12.3. The van der Waals surface area contributed by atoms with Gasteiger partial charge in [-0.2, -0.15) is 0 Å². The van der Waals surface area contributed by atoms with Crippen molar-refractivity contribution in [1.29, 1.82) is 0 Å². The van der Waals surface area contributed by atoms with Crippen LogP contribution in [0.5, 0.6) is 0 Å². The first-order valence-electron chi connectivity index (χ1n) is 41.5. The Morgan fingerprint density at radius 2 is 0.515 bits per heavy atom. The molecule has 17 nitrogen and oxygen atoms in total. The summed E-state index contributed by atoms with van der Waals surface area (Å²) in [5, 5.41) is 10.6. The van der Waals surface area contributed by atoms with E-state index in [1.54, 1.807) is 0 Å². The zero-order valence-corrected chi connectivity index (χ0v) is 66.6. The van der Waals surface area contributed by atoms with Crippen LogP contribution in [0.4, 0.5) is 0 Å². The zero-order valence-electron chi connectivity index (χ0n) is 64.8. The summed E-state index contributed by atoms with van der Waals surface area (Å²) in [5.74, 6) is -0.430. The molecule has 6 atom stereocenters. The van der Waals surface area contributed by atoms with Gasteiger partial charge < -0.3 is 33.8 Å². The van der Waals surface area contributed by atoms with Gasteiger partial charge in [0.25, 0.3) is 0 Å². The summed E-state index contributed by atoms with van der Waals surface area (Å²) in [6.07, 6.45) is 61.2. The van der Waals surface area contributed by atoms with E-state index in [0.717, 1.165) is 102 Å². The van der Waals surface area contributed by atoms with Crippen LogP contribution in [0.3, 0.4) is 0 Å². The summed E-state index contributed by atoms with van der Waals surface area (Å²) in [6, 6.07) is 0. The van der Waals surface area contributed by atoms with E-state index in [4.69, 9.17) is 37.0 Å². The molecule has 0 saturated carbocycles. The average Bonchev–Trinajstić information content (AvgIpc) is 1.96. The van der Waals surface area contributed by atoms with Crippen molar-refractivity contribution in [2.75, 3.05) is 39.6 Å². The molecule has 0 bridgehead atoms. The highest BCUT2D eigenvalue weighted by atomic mass is 31.2. The number of phosphoric acid groups is 2. The van der Waals surface area contributed by atoms with Gasteiger partial charge in [0.2, 0.25) is 0 Å². The number of ether oxygens (including phenoxy) is 4. The standard InChI is InChI=1S/C80H156O17P2/c1-7-10-12-14-16-36-44-50-56-62-77(82)90-68-75(96-79(84)64-58-52-46-37-17-15-13-11-8-2)70-94-98(86,87)92-66-74(81)67-93-99(88,89)95-71-76(69-91-78(83)63-57-51-45-40-34-30-26-23-22-24-28-32-38-42-48-54-60-72(4)5)97-80(85)65-59-53-47-41-35-31-27-21-19-18-20-25-29-33-39-43-49-55-61-73(6)9-3/h72-76,81H,7-71H2,1-6H3,(H,86,87)(H,88,89)/t73?,74-,75+,76+/m0/s1. The van der Waals surface area contributed by atoms with Gasteiger partial charge in [-0.15, -0.1) is 0 Å². The number of hydrogen-bond donors (Lipinski definition) is 3. The van der Waals surface area contributed by atoms with Crippen LogP contribution in [0.1, 0.15) is 420 Å². The Labute approximate surface area is 607 Å². The Balaban J connectivity index is 5.15. The van der Waals surface area contributed by atoms with Gasteiger partial charge in [-0.1, -0.05) is 369 Å². The third-order valence-electron chi connectivity index (χ3n) is 19.1. The largest absolute Gasteiger partial charge is 0.472 e. The molecule has 0 aliphatic heterocycles. The van der Waals surface area contributed by atoms with Crippen molar-refractivity contribution in [2.24, 2.45) is 11.8 Å². The molecule has 0 spiro atoms. The van der Waals surface area contributed by atoms with Crippen molar-refractivity contribution < 1.29 is 80.2 Å². The van der Waals surface area contributed by atoms with Gasteiger partial charge in [-0.25, -0.2) is 9.13 Å². The molecule has 0 aliphatic carbocycles. The molecule has 0 fully saturated rings. The Hall–Kier alpha value is -1.94. The number of carbonyl (C=O) groups excluding carboxylic acids is 4. The predicted molar refractivity (Wildman–Crippen MR) is 405 cm³/mol. The lowest BCUT2D eigenvalue weighted by Crippen LogP contribution is -2.30. The number of unbranched alkanes of at least 4 members (excludes halogenated alkanes) is 48. The minimum absolute atomic E-state index is 0.106. The monoisotopic (exact) mass is 1450 g/mol. The highest BCUT2D eigenvalue weighted by molar-refractivity contribution is 7.47. The minimum Gasteiger partial charge on any atom is -0.462 e. The molecule has 3 N–H and O–H groups in total. The number of hydrogen-bond acceptors (Lipinski definition) is 15. The topological polar surface area (TPSA) is 237 Å². The van der Waals surface area contributed by atoms with Crippen molar-refractivity contribution in [2.45, 2.75) is 439 Å². The molecule has 0 radical (unpaired) electrons. The molecule has 0 saturated heterocycles. The molecular formula is C80H156O17P2. The summed E-state index contributed by atoms with van der Waals surface area (Å²) >= 11 is 0.